The van der Waals surface area contributed by atoms with Gasteiger partial charge in [0.2, 0.25) is 0 Å². The van der Waals surface area contributed by atoms with Crippen molar-refractivity contribution in [1.82, 2.24) is 0 Å². The minimum atomic E-state index is -1.05. The molecular formula is C15H12INO3. The lowest BCUT2D eigenvalue weighted by Gasteiger charge is -2.19. The van der Waals surface area contributed by atoms with Crippen LogP contribution in [0, 0.1) is 3.57 Å². The van der Waals surface area contributed by atoms with Gasteiger partial charge in [-0.05, 0) is 59.0 Å². The van der Waals surface area contributed by atoms with E-state index in [9.17, 15) is 9.59 Å². The Hall–Kier alpha value is -1.89. The van der Waals surface area contributed by atoms with Gasteiger partial charge in [-0.15, -0.1) is 0 Å². The Kier molecular flexibility index (Phi) is 4.39. The van der Waals surface area contributed by atoms with E-state index >= 15 is 0 Å². The van der Waals surface area contributed by atoms with Crippen molar-refractivity contribution in [2.45, 2.75) is 0 Å². The molecule has 0 unspecified atom stereocenters. The smallest absolute Gasteiger partial charge is 0.337 e. The van der Waals surface area contributed by atoms with Crippen LogP contribution < -0.4 is 4.90 Å². The monoisotopic (exact) mass is 381 g/mol. The molecule has 0 fully saturated rings. The van der Waals surface area contributed by atoms with Gasteiger partial charge in [0.05, 0.1) is 11.3 Å². The van der Waals surface area contributed by atoms with E-state index in [4.69, 9.17) is 5.11 Å². The second-order valence-corrected chi connectivity index (χ2v) is 5.44. The van der Waals surface area contributed by atoms with Crippen LogP contribution in [0.25, 0.3) is 0 Å². The molecule has 2 aromatic carbocycles. The topological polar surface area (TPSA) is 57.6 Å². The first-order valence-electron chi connectivity index (χ1n) is 5.86. The van der Waals surface area contributed by atoms with Crippen LogP contribution in [0.3, 0.4) is 0 Å². The third kappa shape index (κ3) is 2.98. The van der Waals surface area contributed by atoms with Crippen LogP contribution in [0.1, 0.15) is 20.7 Å². The number of hydrogen-bond acceptors (Lipinski definition) is 2. The van der Waals surface area contributed by atoms with Gasteiger partial charge in [-0.3, -0.25) is 4.79 Å². The van der Waals surface area contributed by atoms with E-state index in [0.717, 1.165) is 3.57 Å². The van der Waals surface area contributed by atoms with E-state index in [1.54, 1.807) is 37.4 Å². The predicted octanol–water partition coefficient (Wildman–Crippen LogP) is 3.27. The first kappa shape index (κ1) is 14.5. The van der Waals surface area contributed by atoms with Crippen molar-refractivity contribution in [2.75, 3.05) is 11.9 Å². The number of amides is 1. The summed E-state index contributed by atoms with van der Waals surface area (Å²) < 4.78 is 1.03. The summed E-state index contributed by atoms with van der Waals surface area (Å²) >= 11 is 2.16. The molecular weight excluding hydrogens is 369 g/mol. The van der Waals surface area contributed by atoms with Gasteiger partial charge in [0, 0.05) is 16.2 Å². The quantitative estimate of drug-likeness (QED) is 0.831. The van der Waals surface area contributed by atoms with Crippen LogP contribution in [0.4, 0.5) is 5.69 Å². The number of carbonyl (C=O) groups excluding carboxylic acids is 1. The number of anilines is 1. The number of halogens is 1. The second kappa shape index (κ2) is 6.04. The fraction of sp³-hybridized carbons (Fsp3) is 0.0667. The molecule has 0 radical (unpaired) electrons. The van der Waals surface area contributed by atoms with Crippen LogP contribution in [-0.2, 0) is 0 Å². The Balaban J connectivity index is 2.36. The van der Waals surface area contributed by atoms with E-state index in [0.29, 0.717) is 11.3 Å². The average molecular weight is 381 g/mol. The maximum atomic E-state index is 12.4. The molecule has 0 aromatic heterocycles. The summed E-state index contributed by atoms with van der Waals surface area (Å²) in [6, 6.07) is 13.6. The molecule has 0 saturated heterocycles. The minimum Gasteiger partial charge on any atom is -0.478 e. The van der Waals surface area contributed by atoms with E-state index in [1.807, 2.05) is 12.1 Å². The Morgan fingerprint density at radius 2 is 1.65 bits per heavy atom. The summed E-state index contributed by atoms with van der Waals surface area (Å²) in [4.78, 5) is 24.9. The van der Waals surface area contributed by atoms with E-state index in [1.165, 1.54) is 11.0 Å². The molecule has 20 heavy (non-hydrogen) atoms. The van der Waals surface area contributed by atoms with Crippen molar-refractivity contribution in [3.05, 3.63) is 63.2 Å². The average Bonchev–Trinajstić information content (AvgIpc) is 2.46. The third-order valence-electron chi connectivity index (χ3n) is 2.89. The number of rotatable bonds is 3. The highest BCUT2D eigenvalue weighted by Gasteiger charge is 2.18. The molecule has 2 aromatic rings. The van der Waals surface area contributed by atoms with Crippen LogP contribution in [0.5, 0.6) is 0 Å². The summed E-state index contributed by atoms with van der Waals surface area (Å²) in [5.41, 5.74) is 1.01. The molecule has 0 aliphatic carbocycles. The van der Waals surface area contributed by atoms with Gasteiger partial charge in [-0.25, -0.2) is 4.79 Å². The van der Waals surface area contributed by atoms with E-state index < -0.39 is 5.97 Å². The SMILES string of the molecule is CN(C(=O)c1ccc(I)cc1)c1ccccc1C(=O)O. The summed E-state index contributed by atoms with van der Waals surface area (Å²) in [5, 5.41) is 9.16. The molecule has 0 atom stereocenters. The highest BCUT2D eigenvalue weighted by molar-refractivity contribution is 14.1. The number of hydrogen-bond donors (Lipinski definition) is 1. The molecule has 0 saturated carbocycles. The molecule has 0 bridgehead atoms. The number of carboxylic acid groups (broad SMARTS) is 1. The van der Waals surface area contributed by atoms with Crippen molar-refractivity contribution in [3.8, 4) is 0 Å². The Morgan fingerprint density at radius 1 is 1.05 bits per heavy atom. The zero-order chi connectivity index (χ0) is 14.7. The summed E-state index contributed by atoms with van der Waals surface area (Å²) in [6.07, 6.45) is 0. The summed E-state index contributed by atoms with van der Waals surface area (Å²) in [6.45, 7) is 0. The van der Waals surface area contributed by atoms with Gasteiger partial charge in [-0.2, -0.15) is 0 Å². The summed E-state index contributed by atoms with van der Waals surface area (Å²) in [7, 11) is 1.57. The van der Waals surface area contributed by atoms with Crippen molar-refractivity contribution < 1.29 is 14.7 Å². The minimum absolute atomic E-state index is 0.105. The first-order valence-corrected chi connectivity index (χ1v) is 6.94. The molecule has 2 rings (SSSR count). The van der Waals surface area contributed by atoms with Gasteiger partial charge < -0.3 is 10.0 Å². The molecule has 0 aliphatic heterocycles. The predicted molar refractivity (Wildman–Crippen MR) is 85.3 cm³/mol. The van der Waals surface area contributed by atoms with E-state index in [2.05, 4.69) is 22.6 Å². The van der Waals surface area contributed by atoms with Crippen LogP contribution in [0.15, 0.2) is 48.5 Å². The Labute approximate surface area is 130 Å². The lowest BCUT2D eigenvalue weighted by molar-refractivity contribution is 0.0697. The molecule has 0 spiro atoms. The maximum Gasteiger partial charge on any atom is 0.337 e. The van der Waals surface area contributed by atoms with Crippen molar-refractivity contribution >= 4 is 40.2 Å². The second-order valence-electron chi connectivity index (χ2n) is 4.19. The summed E-state index contributed by atoms with van der Waals surface area (Å²) in [5.74, 6) is -1.29. The van der Waals surface area contributed by atoms with Gasteiger partial charge in [0.25, 0.3) is 5.91 Å². The standard InChI is InChI=1S/C15H12INO3/c1-17(13-5-3-2-4-12(13)15(19)20)14(18)10-6-8-11(16)9-7-10/h2-9H,1H3,(H,19,20). The number of carboxylic acids is 1. The molecule has 5 heteroatoms. The van der Waals surface area contributed by atoms with Crippen molar-refractivity contribution in [1.29, 1.82) is 0 Å². The lowest BCUT2D eigenvalue weighted by atomic mass is 10.1. The number of aromatic carboxylic acids is 1. The number of carbonyl (C=O) groups is 2. The van der Waals surface area contributed by atoms with Gasteiger partial charge >= 0.3 is 5.97 Å². The van der Waals surface area contributed by atoms with Crippen molar-refractivity contribution in [3.63, 3.8) is 0 Å². The lowest BCUT2D eigenvalue weighted by Crippen LogP contribution is -2.27. The van der Waals surface area contributed by atoms with Crippen LogP contribution >= 0.6 is 22.6 Å². The number of para-hydroxylation sites is 1. The van der Waals surface area contributed by atoms with Gasteiger partial charge in [-0.1, -0.05) is 12.1 Å². The number of nitrogens with zero attached hydrogens (tertiary/aromatic N) is 1. The molecule has 0 heterocycles. The van der Waals surface area contributed by atoms with Gasteiger partial charge in [0.1, 0.15) is 0 Å². The van der Waals surface area contributed by atoms with Gasteiger partial charge in [0.15, 0.2) is 0 Å². The number of benzene rings is 2. The molecule has 1 N–H and O–H groups in total. The highest BCUT2D eigenvalue weighted by atomic mass is 127. The molecule has 0 aliphatic rings. The fourth-order valence-electron chi connectivity index (χ4n) is 1.84. The molecule has 1 amide bonds. The largest absolute Gasteiger partial charge is 0.478 e. The zero-order valence-electron chi connectivity index (χ0n) is 10.7. The van der Waals surface area contributed by atoms with Crippen molar-refractivity contribution in [2.24, 2.45) is 0 Å². The molecule has 4 nitrogen and oxygen atoms in total. The zero-order valence-corrected chi connectivity index (χ0v) is 12.9. The Bertz CT molecular complexity index is 652. The van der Waals surface area contributed by atoms with Crippen LogP contribution in [0.2, 0.25) is 0 Å². The highest BCUT2D eigenvalue weighted by Crippen LogP contribution is 2.21. The Morgan fingerprint density at radius 3 is 2.25 bits per heavy atom. The van der Waals surface area contributed by atoms with E-state index in [-0.39, 0.29) is 11.5 Å². The maximum absolute atomic E-state index is 12.4. The third-order valence-corrected chi connectivity index (χ3v) is 3.61. The molecule has 102 valence electrons. The fourth-order valence-corrected chi connectivity index (χ4v) is 2.20. The normalized spacial score (nSPS) is 10.1. The van der Waals surface area contributed by atoms with Crippen LogP contribution in [-0.4, -0.2) is 24.0 Å². The first-order chi connectivity index (χ1) is 9.50.